The number of nitrogens with zero attached hydrogens (tertiary/aromatic N) is 2. The number of aromatic nitrogens is 3. The Labute approximate surface area is 103 Å². The average molecular weight is 244 g/mol. The second kappa shape index (κ2) is 4.18. The van der Waals surface area contributed by atoms with E-state index >= 15 is 0 Å². The summed E-state index contributed by atoms with van der Waals surface area (Å²) in [5.41, 5.74) is 3.83. The van der Waals surface area contributed by atoms with Gasteiger partial charge in [0.05, 0.1) is 5.52 Å². The van der Waals surface area contributed by atoms with Gasteiger partial charge in [-0.2, -0.15) is 0 Å². The minimum absolute atomic E-state index is 0.530. The lowest BCUT2D eigenvalue weighted by molar-refractivity contribution is 1.29. The molecule has 2 heterocycles. The molecule has 1 N–H and O–H groups in total. The summed E-state index contributed by atoms with van der Waals surface area (Å²) in [7, 11) is 0. The van der Waals surface area contributed by atoms with E-state index < -0.39 is 0 Å². The zero-order chi connectivity index (χ0) is 11.7. The molecular weight excluding hydrogens is 234 g/mol. The van der Waals surface area contributed by atoms with E-state index in [0.717, 1.165) is 28.1 Å². The van der Waals surface area contributed by atoms with Gasteiger partial charge in [0.15, 0.2) is 5.65 Å². The smallest absolute Gasteiger partial charge is 0.178 e. The molecule has 0 radical (unpaired) electrons. The number of pyridine rings is 1. The van der Waals surface area contributed by atoms with Crippen LogP contribution < -0.4 is 0 Å². The van der Waals surface area contributed by atoms with Gasteiger partial charge in [-0.05, 0) is 17.7 Å². The number of hydrogen-bond acceptors (Lipinski definition) is 2. The molecule has 0 amide bonds. The largest absolute Gasteiger partial charge is 0.337 e. The third-order valence-corrected chi connectivity index (χ3v) is 2.95. The minimum atomic E-state index is 0.530. The van der Waals surface area contributed by atoms with E-state index in [1.165, 1.54) is 0 Å². The summed E-state index contributed by atoms with van der Waals surface area (Å²) in [4.78, 5) is 11.9. The number of hydrogen-bond donors (Lipinski definition) is 1. The van der Waals surface area contributed by atoms with Crippen molar-refractivity contribution in [3.63, 3.8) is 0 Å². The number of fused-ring (bicyclic) bond motifs is 1. The molecule has 0 aliphatic heterocycles. The van der Waals surface area contributed by atoms with Gasteiger partial charge in [-0.25, -0.2) is 9.97 Å². The van der Waals surface area contributed by atoms with Crippen molar-refractivity contribution in [2.45, 2.75) is 5.88 Å². The Hall–Kier alpha value is -1.87. The molecule has 3 rings (SSSR count). The topological polar surface area (TPSA) is 41.6 Å². The molecule has 0 aliphatic carbocycles. The Balaban J connectivity index is 2.07. The quantitative estimate of drug-likeness (QED) is 0.701. The monoisotopic (exact) mass is 243 g/mol. The summed E-state index contributed by atoms with van der Waals surface area (Å²) in [5, 5.41) is 0. The van der Waals surface area contributed by atoms with Crippen LogP contribution in [0.4, 0.5) is 0 Å². The van der Waals surface area contributed by atoms with Crippen molar-refractivity contribution in [1.29, 1.82) is 0 Å². The summed E-state index contributed by atoms with van der Waals surface area (Å²) in [6, 6.07) is 11.9. The zero-order valence-corrected chi connectivity index (χ0v) is 9.78. The Morgan fingerprint density at radius 1 is 1.12 bits per heavy atom. The molecule has 3 aromatic rings. The minimum Gasteiger partial charge on any atom is -0.337 e. The van der Waals surface area contributed by atoms with Crippen LogP contribution in [0, 0.1) is 0 Å². The highest BCUT2D eigenvalue weighted by molar-refractivity contribution is 6.17. The highest BCUT2D eigenvalue weighted by Crippen LogP contribution is 2.19. The van der Waals surface area contributed by atoms with E-state index in [0.29, 0.717) is 5.88 Å². The second-order valence-corrected chi connectivity index (χ2v) is 4.06. The number of alkyl halides is 1. The van der Waals surface area contributed by atoms with Crippen molar-refractivity contribution in [1.82, 2.24) is 15.0 Å². The van der Waals surface area contributed by atoms with Crippen LogP contribution in [0.5, 0.6) is 0 Å². The van der Waals surface area contributed by atoms with Crippen molar-refractivity contribution < 1.29 is 0 Å². The van der Waals surface area contributed by atoms with Gasteiger partial charge in [0.1, 0.15) is 5.82 Å². The first-order chi connectivity index (χ1) is 8.36. The molecule has 4 heteroatoms. The van der Waals surface area contributed by atoms with Gasteiger partial charge < -0.3 is 4.98 Å². The molecule has 2 aromatic heterocycles. The molecular formula is C13H10ClN3. The molecule has 0 bridgehead atoms. The normalized spacial score (nSPS) is 10.9. The molecule has 84 valence electrons. The summed E-state index contributed by atoms with van der Waals surface area (Å²) in [5.74, 6) is 1.36. The molecule has 0 aliphatic rings. The van der Waals surface area contributed by atoms with Crippen LogP contribution in [0.25, 0.3) is 22.6 Å². The van der Waals surface area contributed by atoms with Gasteiger partial charge in [0.25, 0.3) is 0 Å². The van der Waals surface area contributed by atoms with Crippen molar-refractivity contribution in [3.8, 4) is 11.4 Å². The number of rotatable bonds is 2. The molecule has 0 spiro atoms. The highest BCUT2D eigenvalue weighted by Gasteiger charge is 2.05. The average Bonchev–Trinajstić information content (AvgIpc) is 2.82. The second-order valence-electron chi connectivity index (χ2n) is 3.79. The molecule has 0 fully saturated rings. The maximum atomic E-state index is 5.76. The number of benzene rings is 1. The summed E-state index contributed by atoms with van der Waals surface area (Å²) < 4.78 is 0. The lowest BCUT2D eigenvalue weighted by Gasteiger charge is -1.98. The predicted octanol–water partition coefficient (Wildman–Crippen LogP) is 3.36. The van der Waals surface area contributed by atoms with Gasteiger partial charge in [0.2, 0.25) is 0 Å². The van der Waals surface area contributed by atoms with Gasteiger partial charge in [-0.15, -0.1) is 11.6 Å². The van der Waals surface area contributed by atoms with Crippen LogP contribution in [0.2, 0.25) is 0 Å². The molecule has 0 saturated carbocycles. The van der Waals surface area contributed by atoms with Crippen molar-refractivity contribution in [3.05, 3.63) is 48.2 Å². The molecule has 1 aromatic carbocycles. The maximum absolute atomic E-state index is 5.76. The maximum Gasteiger partial charge on any atom is 0.178 e. The van der Waals surface area contributed by atoms with E-state index in [9.17, 15) is 0 Å². The van der Waals surface area contributed by atoms with E-state index in [4.69, 9.17) is 11.6 Å². The molecule has 3 nitrogen and oxygen atoms in total. The molecule has 0 atom stereocenters. The first kappa shape index (κ1) is 10.3. The van der Waals surface area contributed by atoms with Crippen molar-refractivity contribution in [2.24, 2.45) is 0 Å². The van der Waals surface area contributed by atoms with Gasteiger partial charge >= 0.3 is 0 Å². The number of H-pyrrole nitrogens is 1. The Morgan fingerprint density at radius 3 is 2.65 bits per heavy atom. The van der Waals surface area contributed by atoms with Crippen LogP contribution in [-0.2, 0) is 5.88 Å². The molecule has 0 unspecified atom stereocenters. The van der Waals surface area contributed by atoms with E-state index in [1.54, 1.807) is 6.20 Å². The zero-order valence-electron chi connectivity index (χ0n) is 9.02. The van der Waals surface area contributed by atoms with Crippen LogP contribution >= 0.6 is 11.6 Å². The lowest BCUT2D eigenvalue weighted by atomic mass is 10.1. The van der Waals surface area contributed by atoms with Crippen LogP contribution in [0.3, 0.4) is 0 Å². The van der Waals surface area contributed by atoms with Gasteiger partial charge in [-0.1, -0.05) is 24.3 Å². The van der Waals surface area contributed by atoms with Crippen LogP contribution in [-0.4, -0.2) is 15.0 Å². The molecule has 0 saturated heterocycles. The van der Waals surface area contributed by atoms with Gasteiger partial charge in [-0.3, -0.25) is 0 Å². The third kappa shape index (κ3) is 1.89. The van der Waals surface area contributed by atoms with E-state index in [-0.39, 0.29) is 0 Å². The van der Waals surface area contributed by atoms with Gasteiger partial charge in [0, 0.05) is 17.6 Å². The highest BCUT2D eigenvalue weighted by atomic mass is 35.5. The fourth-order valence-electron chi connectivity index (χ4n) is 1.73. The number of aromatic amines is 1. The first-order valence-electron chi connectivity index (χ1n) is 5.33. The number of imidazole rings is 1. The number of nitrogens with one attached hydrogen (secondary N) is 1. The van der Waals surface area contributed by atoms with Crippen LogP contribution in [0.1, 0.15) is 5.56 Å². The number of halogens is 1. The Kier molecular flexibility index (Phi) is 2.53. The molecule has 17 heavy (non-hydrogen) atoms. The fraction of sp³-hybridized carbons (Fsp3) is 0.0769. The summed E-state index contributed by atoms with van der Waals surface area (Å²) in [6.45, 7) is 0. The summed E-state index contributed by atoms with van der Waals surface area (Å²) >= 11 is 5.76. The summed E-state index contributed by atoms with van der Waals surface area (Å²) in [6.07, 6.45) is 1.74. The Morgan fingerprint density at radius 2 is 1.94 bits per heavy atom. The lowest BCUT2D eigenvalue weighted by Crippen LogP contribution is -1.82. The third-order valence-electron chi connectivity index (χ3n) is 2.64. The first-order valence-corrected chi connectivity index (χ1v) is 5.86. The van der Waals surface area contributed by atoms with Crippen molar-refractivity contribution in [2.75, 3.05) is 0 Å². The van der Waals surface area contributed by atoms with E-state index in [1.807, 2.05) is 36.4 Å². The predicted molar refractivity (Wildman–Crippen MR) is 68.9 cm³/mol. The van der Waals surface area contributed by atoms with Crippen LogP contribution in [0.15, 0.2) is 42.6 Å². The Bertz CT molecular complexity index is 610. The van der Waals surface area contributed by atoms with Crippen molar-refractivity contribution >= 4 is 22.8 Å². The fourth-order valence-corrected chi connectivity index (χ4v) is 1.91. The van der Waals surface area contributed by atoms with E-state index in [2.05, 4.69) is 15.0 Å². The standard InChI is InChI=1S/C13H10ClN3/c14-8-9-3-5-10(6-4-9)12-16-11-2-1-7-15-13(11)17-12/h1-7H,8H2,(H,15,16,17). The SMILES string of the molecule is ClCc1ccc(-c2nc3ncccc3[nH]2)cc1.